The molecule has 11 aliphatic rings. The molecular weight excluding hydrogens is 1960 g/mol. The van der Waals surface area contributed by atoms with E-state index in [1.165, 1.54) is 6.92 Å². The summed E-state index contributed by atoms with van der Waals surface area (Å²) < 4.78 is 133. The Morgan fingerprint density at radius 2 is 0.517 bits per heavy atom. The SMILES string of the molecule is CC(=O)N[C@H]1[C@H](OC[C@H]2O[C@@H](O[C@H]3[C@H](O)[C@@H](CO)O[C@@H](O[C@H]4[C@@H](O)[C@@H](CO)O[C@@H](O[C@H]5[C@H](O)[C@@H](O)[C@H](OC[C@@H](CO)NC=O)O[C@@H]5CO)[C@@H]4O)[C@@H]3NC(C)=O)[C@H](O)[C@@H](O[C@@H]3O[C@H](CO)[C@@H](O)[C@H](O[C@@H]4O[C@H](CO)[C@H](O)[C@H](O[C@H]5O[C@H](CO)[C@H](O)[C@H](O)[C@H]5NC(C)=O)[C@H]4O[C@@H]4O[C@@H](C)[C@@H](O)[C@@H](O)[C@@H]4O)[C@H]3NC(C)=O)[C@H]2O)O[C@H](CO)[C@@H](O[C@@H]2O[C@H](CO)[C@H](O)[C@H](O[C@H]3O[C@H](CO)[C@H](O)[C@H](O)[C@H]3NC(C)=O)[C@H]2O)[C@@H]1O. The topological polar surface area (TPSA) is 964 Å². The van der Waals surface area contributed by atoms with E-state index in [0.717, 1.165) is 34.6 Å². The molecular formula is C80H134N6O57. The van der Waals surface area contributed by atoms with Crippen molar-refractivity contribution in [3.05, 3.63) is 0 Å². The number of hydrogen-bond acceptors (Lipinski definition) is 57. The second-order valence-electron chi connectivity index (χ2n) is 36.0. The summed E-state index contributed by atoms with van der Waals surface area (Å²) >= 11 is 0. The van der Waals surface area contributed by atoms with Crippen molar-refractivity contribution in [3.63, 3.8) is 0 Å². The number of aliphatic hydroxyl groups excluding tert-OH is 29. The highest BCUT2D eigenvalue weighted by atomic mass is 16.8. The highest BCUT2D eigenvalue weighted by Gasteiger charge is 2.64. The lowest BCUT2D eigenvalue weighted by molar-refractivity contribution is -0.401. The molecule has 0 aromatic heterocycles. The molecule has 0 radical (unpaired) electrons. The molecule has 826 valence electrons. The van der Waals surface area contributed by atoms with Gasteiger partial charge in [-0.15, -0.1) is 0 Å². The van der Waals surface area contributed by atoms with Gasteiger partial charge in [0.15, 0.2) is 69.2 Å². The molecule has 11 rings (SSSR count). The van der Waals surface area contributed by atoms with Crippen molar-refractivity contribution in [2.75, 3.05) is 79.3 Å². The maximum Gasteiger partial charge on any atom is 0.217 e. The molecule has 6 amide bonds. The third-order valence-electron chi connectivity index (χ3n) is 25.9. The first-order chi connectivity index (χ1) is 67.8. The van der Waals surface area contributed by atoms with Crippen molar-refractivity contribution in [1.82, 2.24) is 31.9 Å². The molecule has 11 heterocycles. The Hall–Kier alpha value is -5.22. The molecule has 0 saturated carbocycles. The van der Waals surface area contributed by atoms with Crippen molar-refractivity contribution in [3.8, 4) is 0 Å². The van der Waals surface area contributed by atoms with Crippen LogP contribution in [0.2, 0.25) is 0 Å². The molecule has 0 aromatic rings. The molecule has 0 aromatic carbocycles. The summed E-state index contributed by atoms with van der Waals surface area (Å²) in [5.41, 5.74) is 0. The molecule has 0 unspecified atom stereocenters. The quantitative estimate of drug-likeness (QED) is 0.0253. The Bertz CT molecular complexity index is 3960. The fourth-order valence-corrected chi connectivity index (χ4v) is 18.4. The van der Waals surface area contributed by atoms with E-state index in [0.29, 0.717) is 0 Å². The molecule has 0 bridgehead atoms. The molecule has 56 atom stereocenters. The van der Waals surface area contributed by atoms with Gasteiger partial charge in [-0.1, -0.05) is 0 Å². The summed E-state index contributed by atoms with van der Waals surface area (Å²) in [6.45, 7) is -7.21. The van der Waals surface area contributed by atoms with Crippen LogP contribution in [0.3, 0.4) is 0 Å². The highest BCUT2D eigenvalue weighted by molar-refractivity contribution is 5.75. The minimum Gasteiger partial charge on any atom is -0.394 e. The highest BCUT2D eigenvalue weighted by Crippen LogP contribution is 2.43. The third kappa shape index (κ3) is 26.9. The van der Waals surface area contributed by atoms with E-state index in [9.17, 15) is 177 Å². The van der Waals surface area contributed by atoms with Gasteiger partial charge in [0.05, 0.1) is 91.4 Å². The number of hydrogen-bond donors (Lipinski definition) is 35. The Morgan fingerprint density at radius 1 is 0.245 bits per heavy atom. The van der Waals surface area contributed by atoms with Crippen molar-refractivity contribution < 1.29 is 281 Å². The standard InChI is InChI=1S/C80H134N6O57/c1-20-42(103)54(115)56(117)76(124-20)143-69-68(142-72-38(83-22(3)99)52(113)44(105)28(9-89)126-72)49(110)33(14-94)131-80(69)138-64-41(86-25(6)102)74(128-30(11-91)46(64)107)141-67-50(111)36(18-123-70-39(84-23(4)100)53(114)61(34(15-95)132-70)135-77-58(119)65(47(108)31(12-92)129-77)139-71-37(82-21(2)98)51(112)43(104)27(8-88)125-71)134-79(60(67)121)137-63-40(85-24(5)101)73(127-29(10-90)45(63)106)140-66-48(109)32(13-93)130-78(59(66)120)136-62-35(16-96)133-75(57(118)55(62)116)122-17-26(7-87)81-19-97/h19-20,26-80,87-96,103-121H,7-18H2,1-6H3,(H,81,97)(H,82,98)(H,83,99)(H,84,100)(H,85,101)(H,86,102)/t20-,26+,27+,28+,29+,30+,31+,32+,33+,34+,35+,36+,37+,38+,39+,40+,41+,42+,43-,44-,45+,46+,47-,48-,49-,50-,51+,52+,53+,54+,55+,56-,57+,58+,59+,60+,61+,62+,63+,64+,65-,66-,67-,68-,69+,70+,71+,72+,73-,74-,75+,76-,77-,78-,79-,80-/m0/s1. The first kappa shape index (κ1) is 118. The lowest BCUT2D eigenvalue weighted by Crippen LogP contribution is -2.72. The molecule has 11 saturated heterocycles. The van der Waals surface area contributed by atoms with Crippen LogP contribution < -0.4 is 31.9 Å². The number of amides is 6. The Balaban J connectivity index is 0.950. The number of carbonyl (C=O) groups excluding carboxylic acids is 6. The van der Waals surface area contributed by atoms with Crippen LogP contribution in [-0.4, -0.2) is 607 Å². The number of carbonyl (C=O) groups is 6. The second kappa shape index (κ2) is 52.7. The maximum atomic E-state index is 13.9. The summed E-state index contributed by atoms with van der Waals surface area (Å²) in [6.07, 6.45) is -107. The molecule has 63 nitrogen and oxygen atoms in total. The molecule has 11 aliphatic heterocycles. The fourth-order valence-electron chi connectivity index (χ4n) is 18.4. The van der Waals surface area contributed by atoms with E-state index in [-0.39, 0.29) is 6.41 Å². The van der Waals surface area contributed by atoms with E-state index in [2.05, 4.69) is 31.9 Å². The van der Waals surface area contributed by atoms with E-state index in [4.69, 9.17) is 104 Å². The Kier molecular flexibility index (Phi) is 43.5. The predicted molar refractivity (Wildman–Crippen MR) is 443 cm³/mol. The second-order valence-corrected chi connectivity index (χ2v) is 36.0. The van der Waals surface area contributed by atoms with Crippen molar-refractivity contribution in [2.45, 2.75) is 385 Å². The smallest absolute Gasteiger partial charge is 0.217 e. The first-order valence-corrected chi connectivity index (χ1v) is 45.7. The number of ether oxygens (including phenoxy) is 22. The maximum absolute atomic E-state index is 13.9. The zero-order valence-corrected chi connectivity index (χ0v) is 77.3. The van der Waals surface area contributed by atoms with Gasteiger partial charge >= 0.3 is 0 Å². The van der Waals surface area contributed by atoms with Crippen LogP contribution in [0.25, 0.3) is 0 Å². The van der Waals surface area contributed by atoms with Crippen LogP contribution in [0, 0.1) is 0 Å². The van der Waals surface area contributed by atoms with Gasteiger partial charge in [0.25, 0.3) is 0 Å². The van der Waals surface area contributed by atoms with Crippen LogP contribution in [-0.2, 0) is 133 Å². The number of aliphatic hydroxyl groups is 29. The van der Waals surface area contributed by atoms with E-state index in [1.807, 2.05) is 0 Å². The van der Waals surface area contributed by atoms with Crippen LogP contribution in [0.5, 0.6) is 0 Å². The van der Waals surface area contributed by atoms with Gasteiger partial charge in [-0.25, -0.2) is 0 Å². The van der Waals surface area contributed by atoms with Gasteiger partial charge in [-0.2, -0.15) is 0 Å². The summed E-state index contributed by atoms with van der Waals surface area (Å²) in [4.78, 5) is 77.2. The van der Waals surface area contributed by atoms with E-state index < -0.39 is 452 Å². The molecule has 35 N–H and O–H groups in total. The van der Waals surface area contributed by atoms with E-state index >= 15 is 0 Å². The molecule has 0 spiro atoms. The average Bonchev–Trinajstić information content (AvgIpc) is 0.766. The Labute approximate surface area is 810 Å². The molecule has 63 heteroatoms. The lowest BCUT2D eigenvalue weighted by Gasteiger charge is -2.52. The number of rotatable bonds is 41. The summed E-state index contributed by atoms with van der Waals surface area (Å²) in [5, 5.41) is 344. The minimum atomic E-state index is -2.73. The molecule has 0 aliphatic carbocycles. The van der Waals surface area contributed by atoms with E-state index in [1.54, 1.807) is 0 Å². The van der Waals surface area contributed by atoms with Crippen LogP contribution >= 0.6 is 0 Å². The third-order valence-corrected chi connectivity index (χ3v) is 25.9. The Morgan fingerprint density at radius 3 is 0.902 bits per heavy atom. The van der Waals surface area contributed by atoms with Gasteiger partial charge in [0.2, 0.25) is 35.9 Å². The van der Waals surface area contributed by atoms with Crippen molar-refractivity contribution in [1.29, 1.82) is 0 Å². The normalized spacial score (nSPS) is 47.5. The minimum absolute atomic E-state index is 0.223. The molecule has 11 fully saturated rings. The summed E-state index contributed by atoms with van der Waals surface area (Å²) in [7, 11) is 0. The van der Waals surface area contributed by atoms with Crippen molar-refractivity contribution >= 4 is 35.9 Å². The summed E-state index contributed by atoms with van der Waals surface area (Å²) in [5.74, 6) is -4.97. The number of nitrogens with one attached hydrogen (secondary N) is 6. The zero-order valence-electron chi connectivity index (χ0n) is 77.3. The first-order valence-electron chi connectivity index (χ1n) is 45.7. The van der Waals surface area contributed by atoms with Crippen molar-refractivity contribution in [2.24, 2.45) is 0 Å². The largest absolute Gasteiger partial charge is 0.394 e. The van der Waals surface area contributed by atoms with Gasteiger partial charge in [0, 0.05) is 34.6 Å². The average molecular weight is 2090 g/mol. The van der Waals surface area contributed by atoms with Gasteiger partial charge in [0.1, 0.15) is 262 Å². The predicted octanol–water partition coefficient (Wildman–Crippen LogP) is -24.1. The molecule has 143 heavy (non-hydrogen) atoms. The van der Waals surface area contributed by atoms with Gasteiger partial charge < -0.3 is 284 Å². The summed E-state index contributed by atoms with van der Waals surface area (Å²) in [6, 6.07) is -11.1. The van der Waals surface area contributed by atoms with Crippen LogP contribution in [0.15, 0.2) is 0 Å². The zero-order chi connectivity index (χ0) is 105. The fraction of sp³-hybridized carbons (Fsp3) is 0.925. The lowest BCUT2D eigenvalue weighted by atomic mass is 9.93. The van der Waals surface area contributed by atoms with Crippen LogP contribution in [0.1, 0.15) is 41.5 Å². The monoisotopic (exact) mass is 2090 g/mol. The van der Waals surface area contributed by atoms with Crippen LogP contribution in [0.4, 0.5) is 0 Å². The van der Waals surface area contributed by atoms with Gasteiger partial charge in [-0.05, 0) is 6.92 Å². The van der Waals surface area contributed by atoms with Gasteiger partial charge in [-0.3, -0.25) is 28.8 Å².